The van der Waals surface area contributed by atoms with Gasteiger partial charge in [-0.1, -0.05) is 0 Å². The molecule has 0 bridgehead atoms. The van der Waals surface area contributed by atoms with Crippen molar-refractivity contribution in [2.75, 3.05) is 13.7 Å². The van der Waals surface area contributed by atoms with E-state index in [0.717, 1.165) is 15.6 Å². The van der Waals surface area contributed by atoms with Gasteiger partial charge in [-0.05, 0) is 18.4 Å². The molecule has 0 saturated carbocycles. The minimum Gasteiger partial charge on any atom is -0.505 e. The first kappa shape index (κ1) is 13.9. The molecule has 2 heterocycles. The van der Waals surface area contributed by atoms with E-state index in [-0.39, 0.29) is 34.3 Å². The molecule has 0 fully saturated rings. The normalized spacial score (nSPS) is 17.3. The maximum atomic E-state index is 12.2. The molecule has 1 aromatic rings. The summed E-state index contributed by atoms with van der Waals surface area (Å²) in [6, 6.07) is 1.43. The van der Waals surface area contributed by atoms with Gasteiger partial charge in [0.2, 0.25) is 0 Å². The Morgan fingerprint density at radius 3 is 2.84 bits per heavy atom. The number of hydrogen-bond donors (Lipinski definition) is 1. The lowest BCUT2D eigenvalue weighted by Crippen LogP contribution is -2.32. The number of ether oxygens (including phenoxy) is 1. The summed E-state index contributed by atoms with van der Waals surface area (Å²) < 4.78 is 30.1. The van der Waals surface area contributed by atoms with Gasteiger partial charge >= 0.3 is 5.97 Å². The monoisotopic (exact) mass is 303 g/mol. The molecule has 1 aliphatic heterocycles. The molecular formula is C11H13NO5S2. The van der Waals surface area contributed by atoms with Gasteiger partial charge in [0.05, 0.1) is 23.6 Å². The molecule has 19 heavy (non-hydrogen) atoms. The summed E-state index contributed by atoms with van der Waals surface area (Å²) in [5, 5.41) is 11.7. The number of aliphatic hydroxyl groups excluding tert-OH is 1. The van der Waals surface area contributed by atoms with Crippen molar-refractivity contribution in [3.05, 3.63) is 22.0 Å². The Balaban J connectivity index is 2.48. The Kier molecular flexibility index (Phi) is 3.55. The highest BCUT2D eigenvalue weighted by Gasteiger charge is 2.36. The fourth-order valence-corrected chi connectivity index (χ4v) is 4.40. The summed E-state index contributed by atoms with van der Waals surface area (Å²) in [4.78, 5) is 11.8. The van der Waals surface area contributed by atoms with Gasteiger partial charge in [-0.2, -0.15) is 0 Å². The van der Waals surface area contributed by atoms with E-state index in [1.54, 1.807) is 12.3 Å². The molecule has 0 aliphatic carbocycles. The zero-order valence-electron chi connectivity index (χ0n) is 10.4. The summed E-state index contributed by atoms with van der Waals surface area (Å²) in [7, 11) is -2.40. The van der Waals surface area contributed by atoms with Gasteiger partial charge < -0.3 is 9.84 Å². The highest BCUT2D eigenvalue weighted by Crippen LogP contribution is 2.38. The van der Waals surface area contributed by atoms with Crippen LogP contribution in [0.2, 0.25) is 0 Å². The van der Waals surface area contributed by atoms with Crippen LogP contribution < -0.4 is 0 Å². The van der Waals surface area contributed by atoms with Crippen molar-refractivity contribution in [3.63, 3.8) is 0 Å². The standard InChI is InChI=1S/C11H13NO5S2/c1-3-17-9(13)6-7-10(14)11-8(4-5-18-11)19(15,16)12(7)2/h4-5,14H,3,6H2,1-2H3. The van der Waals surface area contributed by atoms with Crippen LogP contribution in [0.5, 0.6) is 0 Å². The Hall–Kier alpha value is -1.54. The van der Waals surface area contributed by atoms with Gasteiger partial charge in [0.15, 0.2) is 5.76 Å². The Morgan fingerprint density at radius 2 is 2.21 bits per heavy atom. The van der Waals surface area contributed by atoms with E-state index < -0.39 is 16.0 Å². The predicted molar refractivity (Wildman–Crippen MR) is 70.1 cm³/mol. The van der Waals surface area contributed by atoms with E-state index in [0.29, 0.717) is 0 Å². The van der Waals surface area contributed by atoms with Gasteiger partial charge in [-0.25, -0.2) is 8.42 Å². The topological polar surface area (TPSA) is 83.9 Å². The number of sulfonamides is 1. The highest BCUT2D eigenvalue weighted by atomic mass is 32.2. The van der Waals surface area contributed by atoms with Crippen LogP contribution in [0.1, 0.15) is 18.2 Å². The third-order valence-electron chi connectivity index (χ3n) is 2.75. The van der Waals surface area contributed by atoms with Crippen LogP contribution in [0, 0.1) is 0 Å². The fraction of sp³-hybridized carbons (Fsp3) is 0.364. The number of aliphatic hydroxyl groups is 1. The van der Waals surface area contributed by atoms with E-state index in [9.17, 15) is 18.3 Å². The summed E-state index contributed by atoms with van der Waals surface area (Å²) in [6.45, 7) is 1.86. The number of nitrogens with zero attached hydrogens (tertiary/aromatic N) is 1. The number of thiophene rings is 1. The molecule has 1 N–H and O–H groups in total. The van der Waals surface area contributed by atoms with Gasteiger partial charge in [-0.3, -0.25) is 9.10 Å². The van der Waals surface area contributed by atoms with E-state index in [4.69, 9.17) is 4.74 Å². The fourth-order valence-electron chi connectivity index (χ4n) is 1.79. The van der Waals surface area contributed by atoms with E-state index in [1.165, 1.54) is 13.1 Å². The van der Waals surface area contributed by atoms with E-state index >= 15 is 0 Å². The molecule has 0 amide bonds. The van der Waals surface area contributed by atoms with Crippen LogP contribution in [0.4, 0.5) is 0 Å². The van der Waals surface area contributed by atoms with Gasteiger partial charge in [-0.15, -0.1) is 11.3 Å². The van der Waals surface area contributed by atoms with Crippen molar-refractivity contribution >= 4 is 33.1 Å². The summed E-state index contributed by atoms with van der Waals surface area (Å²) in [5.41, 5.74) is 0.0356. The lowest BCUT2D eigenvalue weighted by Gasteiger charge is -2.27. The zero-order valence-corrected chi connectivity index (χ0v) is 12.0. The lowest BCUT2D eigenvalue weighted by molar-refractivity contribution is -0.142. The largest absolute Gasteiger partial charge is 0.505 e. The van der Waals surface area contributed by atoms with Crippen LogP contribution >= 0.6 is 11.3 Å². The zero-order chi connectivity index (χ0) is 14.2. The summed E-state index contributed by atoms with van der Waals surface area (Å²) in [5.74, 6) is -0.763. The number of fused-ring (bicyclic) bond motifs is 1. The van der Waals surface area contributed by atoms with Crippen molar-refractivity contribution in [1.29, 1.82) is 0 Å². The third-order valence-corrected chi connectivity index (χ3v) is 5.64. The van der Waals surface area contributed by atoms with Crippen LogP contribution in [0.15, 0.2) is 22.0 Å². The Bertz CT molecular complexity index is 644. The number of esters is 1. The number of hydrogen-bond acceptors (Lipinski definition) is 6. The number of carbonyl (C=O) groups excluding carboxylic acids is 1. The summed E-state index contributed by atoms with van der Waals surface area (Å²) >= 11 is 1.12. The molecule has 0 unspecified atom stereocenters. The van der Waals surface area contributed by atoms with Crippen molar-refractivity contribution < 1.29 is 23.1 Å². The average molecular weight is 303 g/mol. The minimum absolute atomic E-state index is 0.0356. The first-order chi connectivity index (χ1) is 8.89. The molecule has 1 aliphatic rings. The van der Waals surface area contributed by atoms with Crippen molar-refractivity contribution in [2.24, 2.45) is 0 Å². The molecular weight excluding hydrogens is 290 g/mol. The number of carbonyl (C=O) groups is 1. The first-order valence-corrected chi connectivity index (χ1v) is 7.86. The quantitative estimate of drug-likeness (QED) is 0.857. The maximum absolute atomic E-state index is 12.2. The Labute approximate surface area is 115 Å². The third kappa shape index (κ3) is 2.21. The number of rotatable bonds is 3. The Morgan fingerprint density at radius 1 is 1.53 bits per heavy atom. The van der Waals surface area contributed by atoms with Crippen LogP contribution in [-0.2, 0) is 19.6 Å². The molecule has 0 radical (unpaired) electrons. The second-order valence-corrected chi connectivity index (χ2v) is 6.72. The molecule has 6 nitrogen and oxygen atoms in total. The van der Waals surface area contributed by atoms with E-state index in [1.807, 2.05) is 0 Å². The minimum atomic E-state index is -3.70. The molecule has 0 aromatic carbocycles. The van der Waals surface area contributed by atoms with Crippen LogP contribution in [0.25, 0.3) is 5.76 Å². The van der Waals surface area contributed by atoms with Crippen LogP contribution in [-0.4, -0.2) is 37.5 Å². The lowest BCUT2D eigenvalue weighted by atomic mass is 10.2. The van der Waals surface area contributed by atoms with Gasteiger partial charge in [0.1, 0.15) is 4.90 Å². The molecule has 2 rings (SSSR count). The van der Waals surface area contributed by atoms with Crippen molar-refractivity contribution in [1.82, 2.24) is 4.31 Å². The second kappa shape index (κ2) is 4.86. The highest BCUT2D eigenvalue weighted by molar-refractivity contribution is 7.89. The maximum Gasteiger partial charge on any atom is 0.311 e. The average Bonchev–Trinajstić information content (AvgIpc) is 2.83. The van der Waals surface area contributed by atoms with Gasteiger partial charge in [0.25, 0.3) is 10.0 Å². The van der Waals surface area contributed by atoms with Crippen molar-refractivity contribution in [2.45, 2.75) is 18.2 Å². The molecule has 104 valence electrons. The molecule has 0 spiro atoms. The smallest absolute Gasteiger partial charge is 0.311 e. The van der Waals surface area contributed by atoms with E-state index in [2.05, 4.69) is 0 Å². The second-order valence-electron chi connectivity index (χ2n) is 3.86. The molecule has 0 atom stereocenters. The molecule has 1 aromatic heterocycles. The first-order valence-electron chi connectivity index (χ1n) is 5.54. The van der Waals surface area contributed by atoms with Crippen LogP contribution in [0.3, 0.4) is 0 Å². The molecule has 0 saturated heterocycles. The predicted octanol–water partition coefficient (Wildman–Crippen LogP) is 1.56. The SMILES string of the molecule is CCOC(=O)CC1=C(O)c2sccc2S(=O)(=O)N1C. The van der Waals surface area contributed by atoms with Gasteiger partial charge in [0, 0.05) is 7.05 Å². The summed E-state index contributed by atoms with van der Waals surface area (Å²) in [6.07, 6.45) is -0.285. The molecule has 8 heteroatoms. The van der Waals surface area contributed by atoms with Crippen molar-refractivity contribution in [3.8, 4) is 0 Å².